The minimum absolute atomic E-state index is 0.0582. The predicted octanol–water partition coefficient (Wildman–Crippen LogP) is 1.31. The number of carbonyl (C=O) groups is 7. The number of benzene rings is 3. The molecule has 0 aromatic heterocycles. The Bertz CT molecular complexity index is 2780. The molecule has 0 unspecified atom stereocenters. The summed E-state index contributed by atoms with van der Waals surface area (Å²) in [5.74, 6) is -4.75. The molecule has 8 rings (SSSR count). The molecule has 3 aromatic rings. The fraction of sp³-hybridized carbons (Fsp3) is 0.528. The van der Waals surface area contributed by atoms with Gasteiger partial charge in [0.15, 0.2) is 24.6 Å². The number of rotatable bonds is 20. The number of amides is 6. The van der Waals surface area contributed by atoms with Crippen LogP contribution in [0.5, 0.6) is 17.2 Å². The number of phenols is 2. The number of ether oxygens (including phenoxy) is 7. The standard InChI is InChI=1S/C53H68N8O17/c1-25(2)40(55-4)47(67)60-31(10-8-16-57-51(54)69)46(66)59-28-14-12-27(13-15-28)24-75-52(70)58-18-17-56-50(68)53(71)22-30-37(44(65)39-38(42(30)63)41(62)29-9-7-11-33(72-5)36(29)43(39)64)34(23-53)77-35-21-32-45(26(3)76-35)78-48-49(73-6)74-20-19-61(32)48/h7,9,11-15,25-26,31-32,34-35,40,45,48-49,55,63,65,71H,8,10,16-24H2,1-6H3,(H,56,68)(H,58,70)(H,59,66)(H,60,67)(H3,54,57,69)/t26-,31-,32-,34-,35-,40-,45+,48+,49-,53-/m0/s1. The molecule has 0 saturated carbocycles. The fourth-order valence-electron chi connectivity index (χ4n) is 10.9. The van der Waals surface area contributed by atoms with E-state index >= 15 is 0 Å². The van der Waals surface area contributed by atoms with Crippen molar-refractivity contribution in [2.75, 3.05) is 59.4 Å². The van der Waals surface area contributed by atoms with Crippen molar-refractivity contribution in [3.8, 4) is 17.2 Å². The average molecular weight is 1090 g/mol. The Balaban J connectivity index is 0.911. The van der Waals surface area contributed by atoms with Gasteiger partial charge in [-0.15, -0.1) is 0 Å². The largest absolute Gasteiger partial charge is 0.507 e. The van der Waals surface area contributed by atoms with Crippen molar-refractivity contribution >= 4 is 47.1 Å². The van der Waals surface area contributed by atoms with Gasteiger partial charge >= 0.3 is 12.1 Å². The minimum atomic E-state index is -2.35. The second kappa shape index (κ2) is 24.4. The summed E-state index contributed by atoms with van der Waals surface area (Å²) >= 11 is 0. The van der Waals surface area contributed by atoms with Gasteiger partial charge in [-0.05, 0) is 56.5 Å². The number of methoxy groups -OCH3 is 2. The normalized spacial score (nSPS) is 25.0. The molecule has 3 aliphatic heterocycles. The van der Waals surface area contributed by atoms with Crippen LogP contribution in [-0.2, 0) is 55.8 Å². The van der Waals surface area contributed by atoms with E-state index in [0.29, 0.717) is 30.8 Å². The molecule has 3 fully saturated rings. The molecule has 25 heteroatoms. The van der Waals surface area contributed by atoms with E-state index in [1.165, 1.54) is 32.4 Å². The number of aromatic hydroxyl groups is 2. The lowest BCUT2D eigenvalue weighted by Gasteiger charge is -2.43. The van der Waals surface area contributed by atoms with Gasteiger partial charge < -0.3 is 86.1 Å². The number of hydrogen-bond donors (Lipinski definition) is 10. The minimum Gasteiger partial charge on any atom is -0.507 e. The monoisotopic (exact) mass is 1090 g/mol. The van der Waals surface area contributed by atoms with E-state index in [0.717, 1.165) is 0 Å². The smallest absolute Gasteiger partial charge is 0.407 e. The Labute approximate surface area is 449 Å². The number of nitrogens with one attached hydrogen (secondary N) is 6. The first-order chi connectivity index (χ1) is 37.3. The van der Waals surface area contributed by atoms with Crippen molar-refractivity contribution < 1.29 is 82.0 Å². The van der Waals surface area contributed by atoms with Gasteiger partial charge in [-0.3, -0.25) is 28.9 Å². The number of likely N-dealkylation sites (N-methyl/N-ethyl adjacent to an activating group) is 1. The van der Waals surface area contributed by atoms with Crippen LogP contribution in [0.4, 0.5) is 15.3 Å². The number of hydrogen-bond acceptors (Lipinski definition) is 19. The number of ketones is 2. The number of anilines is 1. The first kappa shape index (κ1) is 57.2. The van der Waals surface area contributed by atoms with Crippen molar-refractivity contribution in [2.24, 2.45) is 11.7 Å². The van der Waals surface area contributed by atoms with Gasteiger partial charge in [-0.2, -0.15) is 0 Å². The van der Waals surface area contributed by atoms with E-state index < -0.39 is 126 Å². The summed E-state index contributed by atoms with van der Waals surface area (Å²) < 4.78 is 41.4. The molecule has 11 N–H and O–H groups in total. The van der Waals surface area contributed by atoms with Crippen molar-refractivity contribution in [3.05, 3.63) is 81.4 Å². The van der Waals surface area contributed by atoms with E-state index in [2.05, 4.69) is 36.8 Å². The van der Waals surface area contributed by atoms with Gasteiger partial charge in [0.2, 0.25) is 17.6 Å². The van der Waals surface area contributed by atoms with Crippen molar-refractivity contribution in [2.45, 2.75) is 120 Å². The van der Waals surface area contributed by atoms with Crippen molar-refractivity contribution in [3.63, 3.8) is 0 Å². The molecule has 3 aromatic carbocycles. The third kappa shape index (κ3) is 11.9. The molecule has 10 atom stereocenters. The second-order valence-corrected chi connectivity index (χ2v) is 20.1. The van der Waals surface area contributed by atoms with Gasteiger partial charge in [0.25, 0.3) is 5.91 Å². The lowest BCUT2D eigenvalue weighted by atomic mass is 9.72. The molecule has 0 spiro atoms. The molecule has 6 amide bonds. The molecule has 78 heavy (non-hydrogen) atoms. The van der Waals surface area contributed by atoms with Crippen LogP contribution in [0.3, 0.4) is 0 Å². The van der Waals surface area contributed by atoms with Crippen LogP contribution in [0.25, 0.3) is 0 Å². The Morgan fingerprint density at radius 1 is 0.910 bits per heavy atom. The number of alkyl carbamates (subject to hydrolysis) is 1. The van der Waals surface area contributed by atoms with Crippen molar-refractivity contribution in [1.29, 1.82) is 0 Å². The number of morpholine rings is 1. The lowest BCUT2D eigenvalue weighted by molar-refractivity contribution is -0.256. The van der Waals surface area contributed by atoms with Crippen molar-refractivity contribution in [1.82, 2.24) is 31.5 Å². The summed E-state index contributed by atoms with van der Waals surface area (Å²) in [5, 5.41) is 52.6. The first-order valence-corrected chi connectivity index (χ1v) is 25.8. The Morgan fingerprint density at radius 3 is 2.33 bits per heavy atom. The number of carbonyl (C=O) groups excluding carboxylic acids is 7. The highest BCUT2D eigenvalue weighted by Crippen LogP contribution is 2.53. The quantitative estimate of drug-likeness (QED) is 0.0440. The van der Waals surface area contributed by atoms with Crippen LogP contribution in [0.1, 0.15) is 101 Å². The first-order valence-electron chi connectivity index (χ1n) is 25.8. The predicted molar refractivity (Wildman–Crippen MR) is 274 cm³/mol. The molecule has 25 nitrogen and oxygen atoms in total. The summed E-state index contributed by atoms with van der Waals surface area (Å²) in [5.41, 5.74) is 2.27. The molecule has 3 saturated heterocycles. The molecule has 422 valence electrons. The van der Waals surface area contributed by atoms with E-state index in [1.807, 2.05) is 13.8 Å². The molecule has 2 aliphatic carbocycles. The topological polar surface area (TPSA) is 346 Å². The molecular weight excluding hydrogens is 1020 g/mol. The maximum Gasteiger partial charge on any atom is 0.407 e. The zero-order chi connectivity index (χ0) is 56.2. The number of fused-ring (bicyclic) bond motifs is 6. The summed E-state index contributed by atoms with van der Waals surface area (Å²) in [4.78, 5) is 94.9. The third-order valence-electron chi connectivity index (χ3n) is 14.7. The molecule has 0 radical (unpaired) electrons. The summed E-state index contributed by atoms with van der Waals surface area (Å²) in [6.45, 7) is 6.10. The zero-order valence-electron chi connectivity index (χ0n) is 44.2. The number of nitrogens with zero attached hydrogens (tertiary/aromatic N) is 1. The SMILES string of the molecule is CN[C@H](C(=O)N[C@@H](CCCNC(N)=O)C(=O)Nc1ccc(COC(=O)NCCNC(=O)[C@]2(O)Cc3c(O)c4c(c(O)c3[C@@H](O[C@H]3C[C@H]5[C@H](O[C@@H]6[C@@H](OC)OCCN65)[C@H](C)O3)C2)C(=O)c2c(OC)cccc2C4=O)cc1)C(C)C. The van der Waals surface area contributed by atoms with Gasteiger partial charge in [-0.25, -0.2) is 9.59 Å². The summed E-state index contributed by atoms with van der Waals surface area (Å²) in [6, 6.07) is 8.38. The summed E-state index contributed by atoms with van der Waals surface area (Å²) in [7, 11) is 4.50. The lowest BCUT2D eigenvalue weighted by Crippen LogP contribution is -2.55. The van der Waals surface area contributed by atoms with E-state index in [-0.39, 0.29) is 85.0 Å². The molecular formula is C53H68N8O17. The molecule has 5 aliphatic rings. The maximum atomic E-state index is 14.3. The Morgan fingerprint density at radius 2 is 1.64 bits per heavy atom. The highest BCUT2D eigenvalue weighted by Gasteiger charge is 2.55. The van der Waals surface area contributed by atoms with Crippen LogP contribution >= 0.6 is 0 Å². The fourth-order valence-corrected chi connectivity index (χ4v) is 10.9. The van der Waals surface area contributed by atoms with E-state index in [1.54, 1.807) is 38.2 Å². The second-order valence-electron chi connectivity index (χ2n) is 20.1. The number of aliphatic hydroxyl groups is 1. The van der Waals surface area contributed by atoms with Crippen LogP contribution in [0.2, 0.25) is 0 Å². The number of urea groups is 1. The Hall–Kier alpha value is -6.97. The van der Waals surface area contributed by atoms with Gasteiger partial charge in [0.05, 0.1) is 48.7 Å². The van der Waals surface area contributed by atoms with Gasteiger partial charge in [-0.1, -0.05) is 38.1 Å². The average Bonchev–Trinajstić information content (AvgIpc) is 3.91. The molecule has 0 bridgehead atoms. The van der Waals surface area contributed by atoms with Crippen LogP contribution < -0.4 is 42.4 Å². The number of primary amides is 1. The third-order valence-corrected chi connectivity index (χ3v) is 14.7. The number of nitrogens with two attached hydrogens (primary N) is 1. The van der Waals surface area contributed by atoms with Crippen LogP contribution in [0.15, 0.2) is 42.5 Å². The number of phenolic OH excluding ortho intramolecular Hbond substituents is 2. The van der Waals surface area contributed by atoms with E-state index in [4.69, 9.17) is 38.9 Å². The van der Waals surface area contributed by atoms with E-state index in [9.17, 15) is 48.9 Å². The van der Waals surface area contributed by atoms with Gasteiger partial charge in [0, 0.05) is 81.0 Å². The summed E-state index contributed by atoms with van der Waals surface area (Å²) in [6.07, 6.45) is -5.75. The zero-order valence-corrected chi connectivity index (χ0v) is 44.2. The highest BCUT2D eigenvalue weighted by atomic mass is 16.7. The molecule has 3 heterocycles. The van der Waals surface area contributed by atoms with Crippen LogP contribution in [0, 0.1) is 5.92 Å². The van der Waals surface area contributed by atoms with Gasteiger partial charge in [0.1, 0.15) is 41.6 Å². The maximum absolute atomic E-state index is 14.3. The Kier molecular flexibility index (Phi) is 17.9. The highest BCUT2D eigenvalue weighted by molar-refractivity contribution is 6.31. The van der Waals surface area contributed by atoms with Crippen LogP contribution in [-0.4, -0.2) is 170 Å².